The van der Waals surface area contributed by atoms with E-state index in [2.05, 4.69) is 11.8 Å². The Morgan fingerprint density at radius 1 is 0.880 bits per heavy atom. The monoisotopic (exact) mass is 338 g/mol. The zero-order chi connectivity index (χ0) is 17.4. The first-order valence-electron chi connectivity index (χ1n) is 8.63. The van der Waals surface area contributed by atoms with Crippen molar-refractivity contribution < 1.29 is 14.3 Å². The molecule has 2 aromatic carbocycles. The minimum atomic E-state index is 0.119. The molecule has 130 valence electrons. The summed E-state index contributed by atoms with van der Waals surface area (Å²) in [6, 6.07) is 11.9. The lowest BCUT2D eigenvalue weighted by atomic mass is 10.1. The summed E-state index contributed by atoms with van der Waals surface area (Å²) in [6.07, 6.45) is 0. The maximum atomic E-state index is 12.7. The van der Waals surface area contributed by atoms with Crippen molar-refractivity contribution in [2.24, 2.45) is 0 Å². The van der Waals surface area contributed by atoms with Crippen LogP contribution in [0.4, 0.5) is 5.69 Å². The smallest absolute Gasteiger partial charge is 0.253 e. The molecule has 1 saturated heterocycles. The van der Waals surface area contributed by atoms with Crippen molar-refractivity contribution in [2.75, 3.05) is 37.9 Å². The molecule has 0 radical (unpaired) electrons. The van der Waals surface area contributed by atoms with Crippen LogP contribution in [0.25, 0.3) is 0 Å². The Kier molecular flexibility index (Phi) is 3.99. The van der Waals surface area contributed by atoms with Crippen LogP contribution in [0.2, 0.25) is 0 Å². The maximum absolute atomic E-state index is 12.7. The van der Waals surface area contributed by atoms with Gasteiger partial charge in [-0.15, -0.1) is 0 Å². The Morgan fingerprint density at radius 3 is 2.40 bits per heavy atom. The van der Waals surface area contributed by atoms with Crippen molar-refractivity contribution in [3.05, 3.63) is 53.1 Å². The number of fused-ring (bicyclic) bond motifs is 1. The van der Waals surface area contributed by atoms with Gasteiger partial charge in [0.15, 0.2) is 11.5 Å². The molecule has 5 heteroatoms. The molecular weight excluding hydrogens is 316 g/mol. The molecule has 0 aromatic heterocycles. The Morgan fingerprint density at radius 2 is 1.64 bits per heavy atom. The molecule has 0 aliphatic carbocycles. The quantitative estimate of drug-likeness (QED) is 0.844. The topological polar surface area (TPSA) is 42.0 Å². The van der Waals surface area contributed by atoms with Crippen molar-refractivity contribution >= 4 is 11.6 Å². The summed E-state index contributed by atoms with van der Waals surface area (Å²) in [5.41, 5.74) is 4.26. The fourth-order valence-electron chi connectivity index (χ4n) is 3.31. The standard InChI is InChI=1S/C20H22N2O3/c1-14-3-4-16(11-15(14)2)20(23)22-9-7-21(8-10-22)17-5-6-18-19(12-17)25-13-24-18/h3-6,11-12H,7-10,13H2,1-2H3. The molecule has 0 saturated carbocycles. The van der Waals surface area contributed by atoms with Gasteiger partial charge in [-0.1, -0.05) is 6.07 Å². The second kappa shape index (κ2) is 6.31. The first kappa shape index (κ1) is 15.8. The van der Waals surface area contributed by atoms with E-state index in [1.54, 1.807) is 0 Å². The highest BCUT2D eigenvalue weighted by atomic mass is 16.7. The van der Waals surface area contributed by atoms with Crippen molar-refractivity contribution in [3.8, 4) is 11.5 Å². The molecule has 1 amide bonds. The number of aryl methyl sites for hydroxylation is 2. The van der Waals surface area contributed by atoms with Crippen molar-refractivity contribution in [3.63, 3.8) is 0 Å². The van der Waals surface area contributed by atoms with Crippen LogP contribution in [-0.4, -0.2) is 43.8 Å². The van der Waals surface area contributed by atoms with E-state index in [9.17, 15) is 4.79 Å². The number of nitrogens with zero attached hydrogens (tertiary/aromatic N) is 2. The zero-order valence-electron chi connectivity index (χ0n) is 14.6. The highest BCUT2D eigenvalue weighted by Crippen LogP contribution is 2.35. The largest absolute Gasteiger partial charge is 0.454 e. The average molecular weight is 338 g/mol. The number of hydrogen-bond acceptors (Lipinski definition) is 4. The van der Waals surface area contributed by atoms with E-state index in [0.717, 1.165) is 54.5 Å². The summed E-state index contributed by atoms with van der Waals surface area (Å²) < 4.78 is 10.8. The molecule has 0 atom stereocenters. The number of hydrogen-bond donors (Lipinski definition) is 0. The highest BCUT2D eigenvalue weighted by Gasteiger charge is 2.24. The fourth-order valence-corrected chi connectivity index (χ4v) is 3.31. The molecule has 1 fully saturated rings. The lowest BCUT2D eigenvalue weighted by molar-refractivity contribution is 0.0746. The molecule has 2 heterocycles. The Balaban J connectivity index is 1.42. The summed E-state index contributed by atoms with van der Waals surface area (Å²) in [7, 11) is 0. The number of rotatable bonds is 2. The SMILES string of the molecule is Cc1ccc(C(=O)N2CCN(c3ccc4c(c3)OCO4)CC2)cc1C. The van der Waals surface area contributed by atoms with E-state index in [1.807, 2.05) is 48.2 Å². The lowest BCUT2D eigenvalue weighted by Gasteiger charge is -2.36. The average Bonchev–Trinajstić information content (AvgIpc) is 3.11. The second-order valence-corrected chi connectivity index (χ2v) is 6.62. The van der Waals surface area contributed by atoms with Crippen LogP contribution in [0.15, 0.2) is 36.4 Å². The molecule has 0 spiro atoms. The third kappa shape index (κ3) is 3.02. The van der Waals surface area contributed by atoms with Crippen LogP contribution in [-0.2, 0) is 0 Å². The number of piperazine rings is 1. The van der Waals surface area contributed by atoms with E-state index in [0.29, 0.717) is 0 Å². The number of amides is 1. The van der Waals surface area contributed by atoms with Gasteiger partial charge < -0.3 is 19.3 Å². The summed E-state index contributed by atoms with van der Waals surface area (Å²) >= 11 is 0. The van der Waals surface area contributed by atoms with E-state index in [4.69, 9.17) is 9.47 Å². The van der Waals surface area contributed by atoms with Gasteiger partial charge in [-0.2, -0.15) is 0 Å². The van der Waals surface area contributed by atoms with Gasteiger partial charge in [-0.3, -0.25) is 4.79 Å². The Bertz CT molecular complexity index is 811. The zero-order valence-corrected chi connectivity index (χ0v) is 14.6. The predicted octanol–water partition coefficient (Wildman–Crippen LogP) is 2.99. The third-order valence-electron chi connectivity index (χ3n) is 5.04. The van der Waals surface area contributed by atoms with Crippen LogP contribution < -0.4 is 14.4 Å². The van der Waals surface area contributed by atoms with Crippen LogP contribution >= 0.6 is 0 Å². The summed E-state index contributed by atoms with van der Waals surface area (Å²) in [5, 5.41) is 0. The van der Waals surface area contributed by atoms with Crippen LogP contribution in [0, 0.1) is 13.8 Å². The van der Waals surface area contributed by atoms with Gasteiger partial charge >= 0.3 is 0 Å². The van der Waals surface area contributed by atoms with Gasteiger partial charge in [-0.05, 0) is 49.2 Å². The minimum Gasteiger partial charge on any atom is -0.454 e. The van der Waals surface area contributed by atoms with Gasteiger partial charge in [0.25, 0.3) is 5.91 Å². The van der Waals surface area contributed by atoms with E-state index in [-0.39, 0.29) is 12.7 Å². The number of carbonyl (C=O) groups excluding carboxylic acids is 1. The second-order valence-electron chi connectivity index (χ2n) is 6.62. The van der Waals surface area contributed by atoms with E-state index >= 15 is 0 Å². The number of benzene rings is 2. The first-order chi connectivity index (χ1) is 12.1. The summed E-state index contributed by atoms with van der Waals surface area (Å²) in [6.45, 7) is 7.47. The molecule has 0 unspecified atom stereocenters. The van der Waals surface area contributed by atoms with Gasteiger partial charge in [0.2, 0.25) is 6.79 Å². The fraction of sp³-hybridized carbons (Fsp3) is 0.350. The Labute approximate surface area is 147 Å². The van der Waals surface area contributed by atoms with Gasteiger partial charge in [-0.25, -0.2) is 0 Å². The van der Waals surface area contributed by atoms with Crippen molar-refractivity contribution in [2.45, 2.75) is 13.8 Å². The predicted molar refractivity (Wildman–Crippen MR) is 96.6 cm³/mol. The van der Waals surface area contributed by atoms with E-state index in [1.165, 1.54) is 5.56 Å². The number of anilines is 1. The molecule has 4 rings (SSSR count). The molecule has 2 aliphatic heterocycles. The molecule has 2 aromatic rings. The number of carbonyl (C=O) groups is 1. The Hall–Kier alpha value is -2.69. The molecule has 2 aliphatic rings. The molecule has 25 heavy (non-hydrogen) atoms. The van der Waals surface area contributed by atoms with Gasteiger partial charge in [0.1, 0.15) is 0 Å². The molecule has 0 N–H and O–H groups in total. The number of ether oxygens (including phenoxy) is 2. The van der Waals surface area contributed by atoms with Crippen molar-refractivity contribution in [1.29, 1.82) is 0 Å². The van der Waals surface area contributed by atoms with Crippen molar-refractivity contribution in [1.82, 2.24) is 4.90 Å². The summed E-state index contributed by atoms with van der Waals surface area (Å²) in [4.78, 5) is 17.0. The van der Waals surface area contributed by atoms with Gasteiger partial charge in [0.05, 0.1) is 0 Å². The van der Waals surface area contributed by atoms with E-state index < -0.39 is 0 Å². The van der Waals surface area contributed by atoms with Crippen LogP contribution in [0.3, 0.4) is 0 Å². The van der Waals surface area contributed by atoms with Crippen LogP contribution in [0.5, 0.6) is 11.5 Å². The molecule has 5 nitrogen and oxygen atoms in total. The van der Waals surface area contributed by atoms with Gasteiger partial charge in [0, 0.05) is 43.5 Å². The molecule has 0 bridgehead atoms. The summed E-state index contributed by atoms with van der Waals surface area (Å²) in [5.74, 6) is 1.71. The third-order valence-corrected chi connectivity index (χ3v) is 5.04. The highest BCUT2D eigenvalue weighted by molar-refractivity contribution is 5.94. The van der Waals surface area contributed by atoms with Crippen LogP contribution in [0.1, 0.15) is 21.5 Å². The normalized spacial score (nSPS) is 16.2. The minimum absolute atomic E-state index is 0.119. The lowest BCUT2D eigenvalue weighted by Crippen LogP contribution is -2.48. The first-order valence-corrected chi connectivity index (χ1v) is 8.63. The maximum Gasteiger partial charge on any atom is 0.253 e. The molecular formula is C20H22N2O3.